The summed E-state index contributed by atoms with van der Waals surface area (Å²) in [7, 11) is 0. The maximum atomic E-state index is 11.8. The van der Waals surface area contributed by atoms with Crippen molar-refractivity contribution >= 4 is 5.91 Å². The lowest BCUT2D eigenvalue weighted by Crippen LogP contribution is -2.48. The van der Waals surface area contributed by atoms with Gasteiger partial charge in [-0.25, -0.2) is 0 Å². The molecule has 1 aliphatic heterocycles. The van der Waals surface area contributed by atoms with E-state index in [-0.39, 0.29) is 11.4 Å². The van der Waals surface area contributed by atoms with E-state index in [1.54, 1.807) is 12.2 Å². The molecule has 0 aromatic carbocycles. The topological polar surface area (TPSA) is 20.3 Å². The second kappa shape index (κ2) is 2.72. The van der Waals surface area contributed by atoms with Crippen molar-refractivity contribution in [2.75, 3.05) is 6.54 Å². The highest BCUT2D eigenvalue weighted by Gasteiger charge is 2.47. The molecule has 0 fully saturated rings. The van der Waals surface area contributed by atoms with Gasteiger partial charge >= 0.3 is 0 Å². The average Bonchev–Trinajstić information content (AvgIpc) is 2.53. The van der Waals surface area contributed by atoms with Gasteiger partial charge in [-0.05, 0) is 17.9 Å². The molecule has 0 atom stereocenters. The van der Waals surface area contributed by atoms with Crippen molar-refractivity contribution in [1.29, 1.82) is 0 Å². The average molecular weight is 199 g/mol. The summed E-state index contributed by atoms with van der Waals surface area (Å²) in [6.07, 6.45) is 13.3. The second-order valence-corrected chi connectivity index (χ2v) is 4.32. The summed E-state index contributed by atoms with van der Waals surface area (Å²) < 4.78 is 0. The zero-order chi connectivity index (χ0) is 10.5. The molecule has 76 valence electrons. The van der Waals surface area contributed by atoms with Crippen molar-refractivity contribution in [1.82, 2.24) is 4.90 Å². The lowest BCUT2D eigenvalue weighted by molar-refractivity contribution is -0.126. The normalized spacial score (nSPS) is 35.7. The van der Waals surface area contributed by atoms with Gasteiger partial charge < -0.3 is 4.90 Å². The Kier molecular flexibility index (Phi) is 1.58. The SMILES string of the molecule is C=CCN1C(=O)C=C2CC3C=CC21C=C3. The summed E-state index contributed by atoms with van der Waals surface area (Å²) in [6.45, 7) is 4.32. The summed E-state index contributed by atoms with van der Waals surface area (Å²) in [6, 6.07) is 0. The third kappa shape index (κ3) is 0.965. The molecule has 0 radical (unpaired) electrons. The maximum Gasteiger partial charge on any atom is 0.248 e. The van der Waals surface area contributed by atoms with Gasteiger partial charge in [0, 0.05) is 12.6 Å². The molecule has 3 aliphatic carbocycles. The Morgan fingerprint density at radius 2 is 2.27 bits per heavy atom. The van der Waals surface area contributed by atoms with Crippen LogP contribution in [0.5, 0.6) is 0 Å². The smallest absolute Gasteiger partial charge is 0.248 e. The van der Waals surface area contributed by atoms with Gasteiger partial charge in [0.1, 0.15) is 5.54 Å². The number of hydrogen-bond acceptors (Lipinski definition) is 1. The zero-order valence-electron chi connectivity index (χ0n) is 8.52. The Labute approximate surface area is 89.3 Å². The summed E-state index contributed by atoms with van der Waals surface area (Å²) in [5.41, 5.74) is 0.990. The highest BCUT2D eigenvalue weighted by atomic mass is 16.2. The van der Waals surface area contributed by atoms with Crippen molar-refractivity contribution in [2.45, 2.75) is 12.0 Å². The lowest BCUT2D eigenvalue weighted by Gasteiger charge is -2.42. The van der Waals surface area contributed by atoms with Gasteiger partial charge in [0.05, 0.1) is 0 Å². The van der Waals surface area contributed by atoms with Gasteiger partial charge in [-0.2, -0.15) is 0 Å². The van der Waals surface area contributed by atoms with E-state index in [0.717, 1.165) is 6.42 Å². The number of hydrogen-bond donors (Lipinski definition) is 0. The number of allylic oxidation sites excluding steroid dienone is 2. The van der Waals surface area contributed by atoms with Gasteiger partial charge in [0.15, 0.2) is 0 Å². The van der Waals surface area contributed by atoms with Crippen molar-refractivity contribution < 1.29 is 4.79 Å². The minimum atomic E-state index is -0.250. The molecule has 1 amide bonds. The number of nitrogens with zero attached hydrogens (tertiary/aromatic N) is 1. The number of amides is 1. The number of carbonyl (C=O) groups is 1. The molecule has 0 unspecified atom stereocenters. The molecule has 4 aliphatic rings. The molecule has 15 heavy (non-hydrogen) atoms. The van der Waals surface area contributed by atoms with Crippen LogP contribution in [0.4, 0.5) is 0 Å². The Balaban J connectivity index is 2.11. The minimum absolute atomic E-state index is 0.113. The fourth-order valence-electron chi connectivity index (χ4n) is 2.74. The first-order valence-corrected chi connectivity index (χ1v) is 5.28. The fourth-order valence-corrected chi connectivity index (χ4v) is 2.74. The predicted octanol–water partition coefficient (Wildman–Crippen LogP) is 1.83. The standard InChI is InChI=1S/C13H13NO/c1-2-7-14-12(15)9-11-8-10-3-5-13(11,14)6-4-10/h2-6,9-10H,1,7-8H2. The van der Waals surface area contributed by atoms with E-state index in [1.165, 1.54) is 5.57 Å². The molecular formula is C13H13NO. The molecule has 0 aromatic heterocycles. The Morgan fingerprint density at radius 1 is 1.53 bits per heavy atom. The van der Waals surface area contributed by atoms with Crippen LogP contribution < -0.4 is 0 Å². The molecule has 0 aromatic rings. The Bertz CT molecular complexity index is 414. The molecule has 0 N–H and O–H groups in total. The second-order valence-electron chi connectivity index (χ2n) is 4.32. The van der Waals surface area contributed by atoms with E-state index in [9.17, 15) is 4.79 Å². The molecule has 2 heteroatoms. The molecule has 1 spiro atoms. The van der Waals surface area contributed by atoms with Crippen LogP contribution >= 0.6 is 0 Å². The fraction of sp³-hybridized carbons (Fsp3) is 0.308. The van der Waals surface area contributed by atoms with E-state index in [2.05, 4.69) is 30.9 Å². The third-order valence-electron chi connectivity index (χ3n) is 3.49. The predicted molar refractivity (Wildman–Crippen MR) is 59.1 cm³/mol. The molecule has 0 saturated heterocycles. The van der Waals surface area contributed by atoms with Gasteiger partial charge in [-0.15, -0.1) is 6.58 Å². The molecule has 4 rings (SSSR count). The molecule has 2 nitrogen and oxygen atoms in total. The van der Waals surface area contributed by atoms with Gasteiger partial charge in [0.2, 0.25) is 5.91 Å². The summed E-state index contributed by atoms with van der Waals surface area (Å²) in [4.78, 5) is 13.7. The van der Waals surface area contributed by atoms with Crippen LogP contribution in [0.15, 0.2) is 48.6 Å². The summed E-state index contributed by atoms with van der Waals surface area (Å²) in [5, 5.41) is 0. The van der Waals surface area contributed by atoms with E-state index in [0.29, 0.717) is 12.5 Å². The van der Waals surface area contributed by atoms with E-state index in [4.69, 9.17) is 0 Å². The zero-order valence-corrected chi connectivity index (χ0v) is 8.52. The van der Waals surface area contributed by atoms with Crippen LogP contribution in [-0.2, 0) is 4.79 Å². The first kappa shape index (κ1) is 8.72. The first-order chi connectivity index (χ1) is 7.26. The minimum Gasteiger partial charge on any atom is -0.319 e. The quantitative estimate of drug-likeness (QED) is 0.621. The maximum absolute atomic E-state index is 11.8. The molecule has 2 bridgehead atoms. The summed E-state index contributed by atoms with van der Waals surface area (Å²) >= 11 is 0. The van der Waals surface area contributed by atoms with E-state index >= 15 is 0 Å². The van der Waals surface area contributed by atoms with Gasteiger partial charge in [-0.1, -0.05) is 30.4 Å². The molecular weight excluding hydrogens is 186 g/mol. The number of rotatable bonds is 2. The van der Waals surface area contributed by atoms with Crippen LogP contribution in [-0.4, -0.2) is 22.9 Å². The van der Waals surface area contributed by atoms with Crippen molar-refractivity contribution in [3.05, 3.63) is 48.6 Å². The first-order valence-electron chi connectivity index (χ1n) is 5.28. The van der Waals surface area contributed by atoms with Crippen LogP contribution in [0.2, 0.25) is 0 Å². The van der Waals surface area contributed by atoms with Crippen molar-refractivity contribution in [2.24, 2.45) is 5.92 Å². The van der Waals surface area contributed by atoms with Crippen LogP contribution in [0, 0.1) is 5.92 Å². The lowest BCUT2D eigenvalue weighted by atomic mass is 9.73. The van der Waals surface area contributed by atoms with Crippen molar-refractivity contribution in [3.8, 4) is 0 Å². The van der Waals surface area contributed by atoms with E-state index in [1.807, 2.05) is 4.90 Å². The highest BCUT2D eigenvalue weighted by Crippen LogP contribution is 2.45. The molecule has 1 heterocycles. The van der Waals surface area contributed by atoms with Crippen LogP contribution in [0.1, 0.15) is 6.42 Å². The largest absolute Gasteiger partial charge is 0.319 e. The summed E-state index contributed by atoms with van der Waals surface area (Å²) in [5.74, 6) is 0.608. The highest BCUT2D eigenvalue weighted by molar-refractivity contribution is 5.95. The van der Waals surface area contributed by atoms with Gasteiger partial charge in [-0.3, -0.25) is 4.79 Å². The number of carbonyl (C=O) groups excluding carboxylic acids is 1. The monoisotopic (exact) mass is 199 g/mol. The van der Waals surface area contributed by atoms with E-state index < -0.39 is 0 Å². The molecule has 0 saturated carbocycles. The van der Waals surface area contributed by atoms with Crippen LogP contribution in [0.3, 0.4) is 0 Å². The Morgan fingerprint density at radius 3 is 2.93 bits per heavy atom. The van der Waals surface area contributed by atoms with Crippen molar-refractivity contribution in [3.63, 3.8) is 0 Å². The van der Waals surface area contributed by atoms with Gasteiger partial charge in [0.25, 0.3) is 0 Å². The Hall–Kier alpha value is -1.57. The third-order valence-corrected chi connectivity index (χ3v) is 3.49. The van der Waals surface area contributed by atoms with Crippen LogP contribution in [0.25, 0.3) is 0 Å².